The third kappa shape index (κ3) is 3.42. The number of benzene rings is 1. The highest BCUT2D eigenvalue weighted by Gasteiger charge is 2.33. The second-order valence-electron chi connectivity index (χ2n) is 5.64. The normalized spacial score (nSPS) is 18.6. The van der Waals surface area contributed by atoms with Crippen molar-refractivity contribution in [2.24, 2.45) is 5.92 Å². The molecule has 0 spiro atoms. The number of anilines is 1. The van der Waals surface area contributed by atoms with E-state index >= 15 is 0 Å². The Morgan fingerprint density at radius 2 is 1.91 bits per heavy atom. The predicted molar refractivity (Wildman–Crippen MR) is 83.7 cm³/mol. The topological polar surface area (TPSA) is 72.3 Å². The van der Waals surface area contributed by atoms with Crippen molar-refractivity contribution in [3.63, 3.8) is 0 Å². The molecule has 6 nitrogen and oxygen atoms in total. The van der Waals surface area contributed by atoms with Crippen LogP contribution in [0.4, 0.5) is 9.57 Å². The number of imidazole rings is 1. The van der Waals surface area contributed by atoms with E-state index < -0.39 is 21.9 Å². The summed E-state index contributed by atoms with van der Waals surface area (Å²) in [6.45, 7) is 2.10. The van der Waals surface area contributed by atoms with Crippen LogP contribution >= 0.6 is 0 Å². The number of carbonyl (C=O) groups excluding carboxylic acids is 1. The molecule has 0 saturated carbocycles. The summed E-state index contributed by atoms with van der Waals surface area (Å²) < 4.78 is 36.2. The zero-order valence-electron chi connectivity index (χ0n) is 12.5. The molecule has 0 radical (unpaired) electrons. The van der Waals surface area contributed by atoms with Crippen molar-refractivity contribution in [2.75, 3.05) is 17.2 Å². The van der Waals surface area contributed by atoms with Crippen molar-refractivity contribution in [3.05, 3.63) is 42.5 Å². The van der Waals surface area contributed by atoms with Gasteiger partial charge in [0, 0.05) is 42.7 Å². The number of carbonyl (C=O) groups is 1. The first-order valence-corrected chi connectivity index (χ1v) is 8.72. The zero-order chi connectivity index (χ0) is 16.6. The Morgan fingerprint density at radius 3 is 2.48 bits per heavy atom. The van der Waals surface area contributed by atoms with Gasteiger partial charge in [0.2, 0.25) is 5.91 Å². The van der Waals surface area contributed by atoms with Crippen LogP contribution < -0.4 is 4.90 Å². The lowest BCUT2D eigenvalue weighted by atomic mass is 10.1. The summed E-state index contributed by atoms with van der Waals surface area (Å²) in [7, 11) is -4.57. The van der Waals surface area contributed by atoms with Gasteiger partial charge in [-0.25, -0.2) is 4.98 Å². The molecule has 1 aromatic carbocycles. The zero-order valence-corrected chi connectivity index (χ0v) is 13.3. The third-order valence-electron chi connectivity index (χ3n) is 3.91. The van der Waals surface area contributed by atoms with E-state index in [-0.39, 0.29) is 18.9 Å². The molecule has 1 saturated heterocycles. The number of aryl methyl sites for hydroxylation is 1. The Hall–Kier alpha value is -2.22. The van der Waals surface area contributed by atoms with Gasteiger partial charge in [-0.05, 0) is 31.2 Å². The number of halogens is 1. The monoisotopic (exact) mass is 337 g/mol. The molecule has 1 aliphatic heterocycles. The van der Waals surface area contributed by atoms with Crippen molar-refractivity contribution < 1.29 is 17.1 Å². The van der Waals surface area contributed by atoms with Crippen LogP contribution in [0.25, 0.3) is 5.69 Å². The van der Waals surface area contributed by atoms with Crippen LogP contribution in [0.15, 0.2) is 36.7 Å². The van der Waals surface area contributed by atoms with Crippen LogP contribution in [0.1, 0.15) is 12.2 Å². The summed E-state index contributed by atoms with van der Waals surface area (Å²) in [4.78, 5) is 17.7. The molecule has 2 heterocycles. The van der Waals surface area contributed by atoms with Gasteiger partial charge in [-0.15, -0.1) is 3.89 Å². The standard InChI is InChI=1S/C15H16FN3O3S/c1-11-17-6-7-18(11)13-2-4-14(5-3-13)19-9-12(8-15(19)20)10-23(16,21)22/h2-7,12H,8-10H2,1H3. The number of amides is 1. The first kappa shape index (κ1) is 15.7. The van der Waals surface area contributed by atoms with Crippen molar-refractivity contribution in [2.45, 2.75) is 13.3 Å². The largest absolute Gasteiger partial charge is 0.312 e. The first-order valence-electron chi connectivity index (χ1n) is 7.16. The van der Waals surface area contributed by atoms with Gasteiger partial charge < -0.3 is 9.47 Å². The van der Waals surface area contributed by atoms with E-state index in [1.54, 1.807) is 18.3 Å². The molecule has 1 fully saturated rings. The summed E-state index contributed by atoms with van der Waals surface area (Å²) in [6.07, 6.45) is 3.59. The Kier molecular flexibility index (Phi) is 3.93. The molecule has 0 bridgehead atoms. The maximum absolute atomic E-state index is 12.8. The minimum Gasteiger partial charge on any atom is -0.312 e. The number of rotatable bonds is 4. The second-order valence-corrected chi connectivity index (χ2v) is 7.05. The van der Waals surface area contributed by atoms with Gasteiger partial charge in [0.1, 0.15) is 5.82 Å². The lowest BCUT2D eigenvalue weighted by molar-refractivity contribution is -0.117. The van der Waals surface area contributed by atoms with Crippen LogP contribution in [-0.4, -0.2) is 36.2 Å². The van der Waals surface area contributed by atoms with Gasteiger partial charge in [0.05, 0.1) is 5.75 Å². The molecule has 1 unspecified atom stereocenters. The minimum absolute atomic E-state index is 0.0472. The van der Waals surface area contributed by atoms with Crippen molar-refractivity contribution in [3.8, 4) is 5.69 Å². The Labute approximate surface area is 133 Å². The maximum atomic E-state index is 12.8. The molecular weight excluding hydrogens is 321 g/mol. The highest BCUT2D eigenvalue weighted by molar-refractivity contribution is 7.86. The summed E-state index contributed by atoms with van der Waals surface area (Å²) in [5.74, 6) is -0.455. The minimum atomic E-state index is -4.57. The molecule has 1 atom stereocenters. The fraction of sp³-hybridized carbons (Fsp3) is 0.333. The van der Waals surface area contributed by atoms with E-state index in [1.807, 2.05) is 29.8 Å². The van der Waals surface area contributed by atoms with Gasteiger partial charge in [-0.3, -0.25) is 4.79 Å². The van der Waals surface area contributed by atoms with Gasteiger partial charge in [-0.1, -0.05) is 0 Å². The van der Waals surface area contributed by atoms with Crippen molar-refractivity contribution in [1.82, 2.24) is 9.55 Å². The summed E-state index contributed by atoms with van der Waals surface area (Å²) >= 11 is 0. The van der Waals surface area contributed by atoms with E-state index in [0.29, 0.717) is 5.69 Å². The molecular formula is C15H16FN3O3S. The molecule has 23 heavy (non-hydrogen) atoms. The number of aromatic nitrogens is 2. The smallest absolute Gasteiger partial charge is 0.302 e. The van der Waals surface area contributed by atoms with E-state index in [0.717, 1.165) is 11.5 Å². The lowest BCUT2D eigenvalue weighted by Crippen LogP contribution is -2.25. The molecule has 1 amide bonds. The first-order chi connectivity index (χ1) is 10.8. The van der Waals surface area contributed by atoms with Crippen LogP contribution in [0.2, 0.25) is 0 Å². The van der Waals surface area contributed by atoms with Crippen molar-refractivity contribution in [1.29, 1.82) is 0 Å². The van der Waals surface area contributed by atoms with E-state index in [9.17, 15) is 17.1 Å². The molecule has 8 heteroatoms. The second kappa shape index (κ2) is 5.77. The molecule has 0 aliphatic carbocycles. The Balaban J connectivity index is 1.77. The van der Waals surface area contributed by atoms with Gasteiger partial charge in [0.25, 0.3) is 0 Å². The van der Waals surface area contributed by atoms with Crippen LogP contribution in [0.3, 0.4) is 0 Å². The van der Waals surface area contributed by atoms with Crippen molar-refractivity contribution >= 4 is 21.8 Å². The summed E-state index contributed by atoms with van der Waals surface area (Å²) in [5, 5.41) is 0. The predicted octanol–water partition coefficient (Wildman–Crippen LogP) is 1.83. The molecule has 1 aliphatic rings. The highest BCUT2D eigenvalue weighted by Crippen LogP contribution is 2.27. The van der Waals surface area contributed by atoms with Gasteiger partial charge in [0.15, 0.2) is 0 Å². The van der Waals surface area contributed by atoms with E-state index in [1.165, 1.54) is 4.90 Å². The van der Waals surface area contributed by atoms with Crippen LogP contribution in [0, 0.1) is 12.8 Å². The molecule has 1 aromatic heterocycles. The average molecular weight is 337 g/mol. The number of hydrogen-bond acceptors (Lipinski definition) is 4. The van der Waals surface area contributed by atoms with Crippen LogP contribution in [-0.2, 0) is 15.0 Å². The lowest BCUT2D eigenvalue weighted by Gasteiger charge is -2.17. The van der Waals surface area contributed by atoms with Gasteiger partial charge >= 0.3 is 10.2 Å². The highest BCUT2D eigenvalue weighted by atomic mass is 32.3. The van der Waals surface area contributed by atoms with E-state index in [2.05, 4.69) is 4.98 Å². The third-order valence-corrected chi connectivity index (χ3v) is 4.77. The fourth-order valence-corrected chi connectivity index (χ4v) is 3.65. The Morgan fingerprint density at radius 1 is 1.26 bits per heavy atom. The van der Waals surface area contributed by atoms with Crippen LogP contribution in [0.5, 0.6) is 0 Å². The quantitative estimate of drug-likeness (QED) is 0.798. The Bertz CT molecular complexity index is 830. The number of nitrogens with zero attached hydrogens (tertiary/aromatic N) is 3. The van der Waals surface area contributed by atoms with E-state index in [4.69, 9.17) is 0 Å². The SMILES string of the molecule is Cc1nccn1-c1ccc(N2CC(CS(=O)(=O)F)CC2=O)cc1. The summed E-state index contributed by atoms with van der Waals surface area (Å²) in [6, 6.07) is 7.30. The number of hydrogen-bond donors (Lipinski definition) is 0. The van der Waals surface area contributed by atoms with Gasteiger partial charge in [-0.2, -0.15) is 8.42 Å². The average Bonchev–Trinajstić information content (AvgIpc) is 3.03. The fourth-order valence-electron chi connectivity index (χ4n) is 2.87. The molecule has 0 N–H and O–H groups in total. The maximum Gasteiger partial charge on any atom is 0.302 e. The molecule has 3 rings (SSSR count). The molecule has 2 aromatic rings. The molecule has 122 valence electrons. The summed E-state index contributed by atoms with van der Waals surface area (Å²) in [5.41, 5.74) is 1.59.